The second-order valence-corrected chi connectivity index (χ2v) is 8.71. The van der Waals surface area contributed by atoms with Gasteiger partial charge in [0.05, 0.1) is 5.92 Å². The Bertz CT molecular complexity index is 1130. The summed E-state index contributed by atoms with van der Waals surface area (Å²) in [6, 6.07) is 11.4. The van der Waals surface area contributed by atoms with Crippen molar-refractivity contribution in [2.24, 2.45) is 5.92 Å². The molecular formula is C24H26FN5O2. The predicted octanol–water partition coefficient (Wildman–Crippen LogP) is 3.13. The molecule has 7 nitrogen and oxygen atoms in total. The SMILES string of the molecule is O=C(c1ccc(F)cc1)N1CCC[C@@H](C(=O)N2CCC[C@H](c3nnc4ccccn34)C2)C1. The quantitative estimate of drug-likeness (QED) is 0.634. The number of amides is 2. The minimum Gasteiger partial charge on any atom is -0.342 e. The average molecular weight is 436 g/mol. The van der Waals surface area contributed by atoms with Crippen LogP contribution in [0.3, 0.4) is 0 Å². The number of aromatic nitrogens is 3. The summed E-state index contributed by atoms with van der Waals surface area (Å²) < 4.78 is 15.2. The number of likely N-dealkylation sites (tertiary alicyclic amines) is 2. The van der Waals surface area contributed by atoms with Crippen molar-refractivity contribution < 1.29 is 14.0 Å². The third-order valence-electron chi connectivity index (χ3n) is 6.59. The largest absolute Gasteiger partial charge is 0.342 e. The number of pyridine rings is 1. The molecule has 3 aromatic rings. The zero-order valence-corrected chi connectivity index (χ0v) is 17.9. The summed E-state index contributed by atoms with van der Waals surface area (Å²) >= 11 is 0. The van der Waals surface area contributed by atoms with Gasteiger partial charge in [-0.2, -0.15) is 0 Å². The third-order valence-corrected chi connectivity index (χ3v) is 6.59. The highest BCUT2D eigenvalue weighted by Crippen LogP contribution is 2.29. The van der Waals surface area contributed by atoms with E-state index in [0.717, 1.165) is 43.7 Å². The summed E-state index contributed by atoms with van der Waals surface area (Å²) in [5.41, 5.74) is 1.27. The number of halogens is 1. The highest BCUT2D eigenvalue weighted by molar-refractivity contribution is 5.94. The molecule has 0 saturated carbocycles. The first-order valence-corrected chi connectivity index (χ1v) is 11.2. The zero-order valence-electron chi connectivity index (χ0n) is 17.9. The Morgan fingerprint density at radius 1 is 0.906 bits per heavy atom. The van der Waals surface area contributed by atoms with Gasteiger partial charge in [0, 0.05) is 43.9 Å². The van der Waals surface area contributed by atoms with Gasteiger partial charge in [0.1, 0.15) is 11.6 Å². The van der Waals surface area contributed by atoms with E-state index >= 15 is 0 Å². The lowest BCUT2D eigenvalue weighted by Gasteiger charge is -2.38. The molecule has 2 aliphatic heterocycles. The summed E-state index contributed by atoms with van der Waals surface area (Å²) in [7, 11) is 0. The predicted molar refractivity (Wildman–Crippen MR) is 117 cm³/mol. The monoisotopic (exact) mass is 435 g/mol. The molecule has 2 aliphatic rings. The molecule has 0 unspecified atom stereocenters. The average Bonchev–Trinajstić information content (AvgIpc) is 3.28. The Kier molecular flexibility index (Phi) is 5.59. The fraction of sp³-hybridized carbons (Fsp3) is 0.417. The first-order valence-electron chi connectivity index (χ1n) is 11.2. The van der Waals surface area contributed by atoms with Gasteiger partial charge in [0.25, 0.3) is 5.91 Å². The van der Waals surface area contributed by atoms with Crippen LogP contribution in [-0.4, -0.2) is 62.4 Å². The fourth-order valence-electron chi connectivity index (χ4n) is 4.92. The van der Waals surface area contributed by atoms with Crippen molar-refractivity contribution in [3.8, 4) is 0 Å². The number of nitrogens with zero attached hydrogens (tertiary/aromatic N) is 5. The van der Waals surface area contributed by atoms with E-state index in [9.17, 15) is 14.0 Å². The highest BCUT2D eigenvalue weighted by atomic mass is 19.1. The standard InChI is InChI=1S/C24H26FN5O2/c25-20-10-8-17(9-11-20)23(31)29-13-4-6-19(16-29)24(32)28-12-3-5-18(15-28)22-27-26-21-7-1-2-14-30(21)22/h1-2,7-11,14,18-19H,3-6,12-13,15-16H2/t18-,19+/m0/s1. The molecule has 2 aromatic heterocycles. The van der Waals surface area contributed by atoms with Crippen LogP contribution < -0.4 is 0 Å². The molecule has 0 bridgehead atoms. The van der Waals surface area contributed by atoms with Gasteiger partial charge in [-0.3, -0.25) is 14.0 Å². The second kappa shape index (κ2) is 8.68. The molecule has 0 aliphatic carbocycles. The topological polar surface area (TPSA) is 70.8 Å². The summed E-state index contributed by atoms with van der Waals surface area (Å²) in [6.45, 7) is 2.38. The molecule has 8 heteroatoms. The van der Waals surface area contributed by atoms with E-state index in [2.05, 4.69) is 10.2 Å². The molecule has 2 saturated heterocycles. The lowest BCUT2D eigenvalue weighted by Crippen LogP contribution is -2.49. The van der Waals surface area contributed by atoms with Crippen molar-refractivity contribution in [3.05, 3.63) is 65.9 Å². The third kappa shape index (κ3) is 3.97. The first-order chi connectivity index (χ1) is 15.6. The summed E-state index contributed by atoms with van der Waals surface area (Å²) in [5.74, 6) is 0.435. The van der Waals surface area contributed by atoms with E-state index in [4.69, 9.17) is 0 Å². The summed E-state index contributed by atoms with van der Waals surface area (Å²) in [4.78, 5) is 29.9. The maximum atomic E-state index is 13.4. The van der Waals surface area contributed by atoms with E-state index in [-0.39, 0.29) is 29.5 Å². The van der Waals surface area contributed by atoms with Crippen molar-refractivity contribution in [1.82, 2.24) is 24.4 Å². The molecule has 32 heavy (non-hydrogen) atoms. The van der Waals surface area contributed by atoms with Gasteiger partial charge in [-0.1, -0.05) is 6.07 Å². The number of piperidine rings is 2. The number of hydrogen-bond donors (Lipinski definition) is 0. The maximum Gasteiger partial charge on any atom is 0.253 e. The van der Waals surface area contributed by atoms with Crippen LogP contribution in [0.5, 0.6) is 0 Å². The van der Waals surface area contributed by atoms with Crippen molar-refractivity contribution in [2.45, 2.75) is 31.6 Å². The fourth-order valence-corrected chi connectivity index (χ4v) is 4.92. The van der Waals surface area contributed by atoms with Crippen LogP contribution in [-0.2, 0) is 4.79 Å². The Hall–Kier alpha value is -3.29. The maximum absolute atomic E-state index is 13.4. The molecule has 2 atom stereocenters. The number of benzene rings is 1. The van der Waals surface area contributed by atoms with E-state index in [1.807, 2.05) is 33.7 Å². The van der Waals surface area contributed by atoms with E-state index < -0.39 is 0 Å². The van der Waals surface area contributed by atoms with Crippen molar-refractivity contribution in [3.63, 3.8) is 0 Å². The van der Waals surface area contributed by atoms with Crippen LogP contribution in [0.15, 0.2) is 48.7 Å². The number of fused-ring (bicyclic) bond motifs is 1. The number of rotatable bonds is 3. The van der Waals surface area contributed by atoms with Crippen molar-refractivity contribution in [2.75, 3.05) is 26.2 Å². The first kappa shape index (κ1) is 20.6. The highest BCUT2D eigenvalue weighted by Gasteiger charge is 2.34. The van der Waals surface area contributed by atoms with Gasteiger partial charge in [0.2, 0.25) is 5.91 Å². The Balaban J connectivity index is 1.27. The van der Waals surface area contributed by atoms with Crippen LogP contribution in [0.4, 0.5) is 4.39 Å². The normalized spacial score (nSPS) is 21.7. The van der Waals surface area contributed by atoms with Gasteiger partial charge in [-0.25, -0.2) is 4.39 Å². The lowest BCUT2D eigenvalue weighted by atomic mass is 9.92. The minimum absolute atomic E-state index is 0.111. The van der Waals surface area contributed by atoms with Gasteiger partial charge in [-0.15, -0.1) is 10.2 Å². The molecule has 5 rings (SSSR count). The van der Waals surface area contributed by atoms with Crippen LogP contribution in [0.25, 0.3) is 5.65 Å². The van der Waals surface area contributed by atoms with E-state index in [1.165, 1.54) is 24.3 Å². The number of hydrogen-bond acceptors (Lipinski definition) is 4. The zero-order chi connectivity index (χ0) is 22.1. The second-order valence-electron chi connectivity index (χ2n) is 8.71. The molecule has 2 fully saturated rings. The molecule has 166 valence electrons. The number of carbonyl (C=O) groups excluding carboxylic acids is 2. The molecule has 0 spiro atoms. The molecule has 0 N–H and O–H groups in total. The van der Waals surface area contributed by atoms with E-state index in [0.29, 0.717) is 25.2 Å². The molecule has 4 heterocycles. The van der Waals surface area contributed by atoms with Gasteiger partial charge in [0.15, 0.2) is 5.65 Å². The Morgan fingerprint density at radius 2 is 1.69 bits per heavy atom. The van der Waals surface area contributed by atoms with Crippen LogP contribution in [0.2, 0.25) is 0 Å². The van der Waals surface area contributed by atoms with Gasteiger partial charge >= 0.3 is 0 Å². The van der Waals surface area contributed by atoms with Gasteiger partial charge < -0.3 is 9.80 Å². The summed E-state index contributed by atoms with van der Waals surface area (Å²) in [6.07, 6.45) is 5.42. The Labute approximate surface area is 185 Å². The molecular weight excluding hydrogens is 409 g/mol. The molecule has 0 radical (unpaired) electrons. The smallest absolute Gasteiger partial charge is 0.253 e. The van der Waals surface area contributed by atoms with Crippen molar-refractivity contribution in [1.29, 1.82) is 0 Å². The molecule has 1 aromatic carbocycles. The Morgan fingerprint density at radius 3 is 2.53 bits per heavy atom. The van der Waals surface area contributed by atoms with Crippen LogP contribution in [0.1, 0.15) is 47.8 Å². The van der Waals surface area contributed by atoms with Crippen LogP contribution in [0, 0.1) is 11.7 Å². The van der Waals surface area contributed by atoms with E-state index in [1.54, 1.807) is 4.90 Å². The number of carbonyl (C=O) groups is 2. The minimum atomic E-state index is -0.367. The van der Waals surface area contributed by atoms with Gasteiger partial charge in [-0.05, 0) is 62.1 Å². The summed E-state index contributed by atoms with van der Waals surface area (Å²) in [5, 5.41) is 8.65. The van der Waals surface area contributed by atoms with Crippen LogP contribution >= 0.6 is 0 Å². The lowest BCUT2D eigenvalue weighted by molar-refractivity contribution is -0.138. The molecule has 2 amide bonds. The van der Waals surface area contributed by atoms with Crippen molar-refractivity contribution >= 4 is 17.5 Å².